The number of hydrogen-bond donors (Lipinski definition) is 2. The zero-order valence-electron chi connectivity index (χ0n) is 17.3. The number of nitrogens with two attached hydrogens (primary N) is 1. The fourth-order valence-corrected chi connectivity index (χ4v) is 4.43. The van der Waals surface area contributed by atoms with Crippen LogP contribution in [0.4, 0.5) is 4.79 Å². The highest BCUT2D eigenvalue weighted by Crippen LogP contribution is 2.23. The van der Waals surface area contributed by atoms with Crippen LogP contribution in [0.15, 0.2) is 42.5 Å². The molecule has 0 saturated carbocycles. The number of amides is 3. The highest BCUT2D eigenvalue weighted by Gasteiger charge is 2.31. The van der Waals surface area contributed by atoms with Gasteiger partial charge in [0.05, 0.1) is 6.04 Å². The summed E-state index contributed by atoms with van der Waals surface area (Å²) in [4.78, 5) is 29.2. The molecule has 6 nitrogen and oxygen atoms in total. The van der Waals surface area contributed by atoms with E-state index in [2.05, 4.69) is 29.6 Å². The number of nitrogens with one attached hydrogen (secondary N) is 1. The third-order valence-electron chi connectivity index (χ3n) is 6.24. The van der Waals surface area contributed by atoms with E-state index in [1.165, 1.54) is 5.39 Å². The van der Waals surface area contributed by atoms with Crippen LogP contribution in [-0.2, 0) is 4.79 Å². The maximum absolute atomic E-state index is 12.9. The average molecular weight is 431 g/mol. The minimum absolute atomic E-state index is 0. The van der Waals surface area contributed by atoms with Gasteiger partial charge in [0, 0.05) is 38.6 Å². The zero-order chi connectivity index (χ0) is 20.2. The van der Waals surface area contributed by atoms with E-state index in [9.17, 15) is 9.59 Å². The van der Waals surface area contributed by atoms with E-state index < -0.39 is 0 Å². The molecule has 162 valence electrons. The third kappa shape index (κ3) is 4.87. The van der Waals surface area contributed by atoms with Crippen LogP contribution in [0.25, 0.3) is 10.8 Å². The first-order valence-corrected chi connectivity index (χ1v) is 10.7. The first-order chi connectivity index (χ1) is 14.2. The van der Waals surface area contributed by atoms with E-state index in [1.54, 1.807) is 0 Å². The Morgan fingerprint density at radius 2 is 1.60 bits per heavy atom. The van der Waals surface area contributed by atoms with Gasteiger partial charge in [-0.1, -0.05) is 36.4 Å². The van der Waals surface area contributed by atoms with Crippen LogP contribution in [0.2, 0.25) is 0 Å². The molecule has 0 radical (unpaired) electrons. The van der Waals surface area contributed by atoms with Crippen molar-refractivity contribution < 1.29 is 9.59 Å². The second-order valence-electron chi connectivity index (χ2n) is 8.14. The maximum Gasteiger partial charge on any atom is 0.319 e. The van der Waals surface area contributed by atoms with E-state index in [-0.39, 0.29) is 36.3 Å². The lowest BCUT2D eigenvalue weighted by atomic mass is 9.94. The molecule has 0 spiro atoms. The van der Waals surface area contributed by atoms with Crippen molar-refractivity contribution in [3.8, 4) is 0 Å². The number of benzene rings is 2. The molecule has 2 heterocycles. The summed E-state index contributed by atoms with van der Waals surface area (Å²) in [5, 5.41) is 5.46. The number of fused-ring (bicyclic) bond motifs is 1. The van der Waals surface area contributed by atoms with Gasteiger partial charge in [0.2, 0.25) is 5.91 Å². The summed E-state index contributed by atoms with van der Waals surface area (Å²) in [6.45, 7) is 3.39. The standard InChI is InChI=1S/C23H30N4O2.ClH/c24-16-21(20-8-7-17-5-1-2-6-19(17)15-20)25-22(28)18-9-13-27(14-10-18)23(29)26-11-3-4-12-26;/h1-2,5-8,15,18,21H,3-4,9-14,16,24H2,(H,25,28);1H. The third-order valence-corrected chi connectivity index (χ3v) is 6.24. The SMILES string of the molecule is Cl.NCC(NC(=O)C1CCN(C(=O)N2CCCC2)CC1)c1ccc2ccccc2c1. The van der Waals surface area contributed by atoms with Gasteiger partial charge in [0.15, 0.2) is 0 Å². The molecule has 1 unspecified atom stereocenters. The van der Waals surface area contributed by atoms with Gasteiger partial charge in [0.25, 0.3) is 0 Å². The summed E-state index contributed by atoms with van der Waals surface area (Å²) < 4.78 is 0. The molecule has 30 heavy (non-hydrogen) atoms. The summed E-state index contributed by atoms with van der Waals surface area (Å²) in [7, 11) is 0. The lowest BCUT2D eigenvalue weighted by molar-refractivity contribution is -0.127. The minimum atomic E-state index is -0.198. The molecule has 0 bridgehead atoms. The fraction of sp³-hybridized carbons (Fsp3) is 0.478. The van der Waals surface area contributed by atoms with E-state index in [1.807, 2.05) is 28.0 Å². The Kier molecular flexibility index (Phi) is 7.56. The number of likely N-dealkylation sites (tertiary alicyclic amines) is 2. The summed E-state index contributed by atoms with van der Waals surface area (Å²) in [6, 6.07) is 14.3. The number of nitrogens with zero attached hydrogens (tertiary/aromatic N) is 2. The predicted octanol–water partition coefficient (Wildman–Crippen LogP) is 3.31. The molecule has 2 saturated heterocycles. The minimum Gasteiger partial charge on any atom is -0.348 e. The van der Waals surface area contributed by atoms with Crippen molar-refractivity contribution in [1.82, 2.24) is 15.1 Å². The number of halogens is 1. The number of piperidine rings is 1. The first kappa shape index (κ1) is 22.4. The average Bonchev–Trinajstić information content (AvgIpc) is 3.31. The Morgan fingerprint density at radius 1 is 0.967 bits per heavy atom. The van der Waals surface area contributed by atoms with Crippen LogP contribution < -0.4 is 11.1 Å². The smallest absolute Gasteiger partial charge is 0.319 e. The van der Waals surface area contributed by atoms with Crippen LogP contribution in [-0.4, -0.2) is 54.5 Å². The Balaban J connectivity index is 0.00000256. The quantitative estimate of drug-likeness (QED) is 0.781. The topological polar surface area (TPSA) is 78.7 Å². The zero-order valence-corrected chi connectivity index (χ0v) is 18.1. The monoisotopic (exact) mass is 430 g/mol. The molecule has 2 aliphatic rings. The van der Waals surface area contributed by atoms with Gasteiger partial charge in [-0.15, -0.1) is 12.4 Å². The molecule has 2 fully saturated rings. The number of rotatable bonds is 4. The highest BCUT2D eigenvalue weighted by molar-refractivity contribution is 5.85. The van der Waals surface area contributed by atoms with Crippen molar-refractivity contribution in [2.75, 3.05) is 32.7 Å². The summed E-state index contributed by atoms with van der Waals surface area (Å²) >= 11 is 0. The molecule has 0 aliphatic carbocycles. The number of carbonyl (C=O) groups excluding carboxylic acids is 2. The summed E-state index contributed by atoms with van der Waals surface area (Å²) in [5.41, 5.74) is 7.01. The van der Waals surface area contributed by atoms with Gasteiger partial charge in [0.1, 0.15) is 0 Å². The molecule has 7 heteroatoms. The Bertz CT molecular complexity index is 876. The summed E-state index contributed by atoms with van der Waals surface area (Å²) in [6.07, 6.45) is 3.61. The Hall–Kier alpha value is -2.31. The van der Waals surface area contributed by atoms with Crippen LogP contribution in [0.5, 0.6) is 0 Å². The molecule has 0 aromatic heterocycles. The summed E-state index contributed by atoms with van der Waals surface area (Å²) in [5.74, 6) is -0.0194. The van der Waals surface area contributed by atoms with Crippen LogP contribution in [0, 0.1) is 5.92 Å². The van der Waals surface area contributed by atoms with Crippen molar-refractivity contribution in [2.45, 2.75) is 31.7 Å². The Morgan fingerprint density at radius 3 is 2.27 bits per heavy atom. The normalized spacial score (nSPS) is 18.2. The number of carbonyl (C=O) groups is 2. The second-order valence-corrected chi connectivity index (χ2v) is 8.14. The second kappa shape index (κ2) is 10.1. The molecule has 2 aliphatic heterocycles. The molecule has 2 aromatic rings. The molecule has 2 aromatic carbocycles. The number of hydrogen-bond acceptors (Lipinski definition) is 3. The van der Waals surface area contributed by atoms with E-state index in [4.69, 9.17) is 5.73 Å². The van der Waals surface area contributed by atoms with E-state index in [0.29, 0.717) is 32.5 Å². The lowest BCUT2D eigenvalue weighted by Crippen LogP contribution is -2.48. The fourth-order valence-electron chi connectivity index (χ4n) is 4.43. The van der Waals surface area contributed by atoms with Gasteiger partial charge >= 0.3 is 6.03 Å². The molecular weight excluding hydrogens is 400 g/mol. The molecular formula is C23H31ClN4O2. The molecule has 4 rings (SSSR count). The van der Waals surface area contributed by atoms with Gasteiger partial charge in [-0.3, -0.25) is 4.79 Å². The molecule has 3 N–H and O–H groups in total. The highest BCUT2D eigenvalue weighted by atomic mass is 35.5. The van der Waals surface area contributed by atoms with Gasteiger partial charge < -0.3 is 20.9 Å². The number of urea groups is 1. The van der Waals surface area contributed by atoms with Gasteiger partial charge in [-0.25, -0.2) is 4.79 Å². The van der Waals surface area contributed by atoms with Crippen molar-refractivity contribution in [2.24, 2.45) is 11.7 Å². The molecule has 3 amide bonds. The lowest BCUT2D eigenvalue weighted by Gasteiger charge is -2.34. The van der Waals surface area contributed by atoms with Crippen LogP contribution in [0.1, 0.15) is 37.3 Å². The van der Waals surface area contributed by atoms with Crippen molar-refractivity contribution in [1.29, 1.82) is 0 Å². The van der Waals surface area contributed by atoms with Crippen LogP contribution >= 0.6 is 12.4 Å². The van der Waals surface area contributed by atoms with E-state index >= 15 is 0 Å². The Labute approximate surface area is 184 Å². The largest absolute Gasteiger partial charge is 0.348 e. The van der Waals surface area contributed by atoms with Gasteiger partial charge in [-0.05, 0) is 48.1 Å². The first-order valence-electron chi connectivity index (χ1n) is 10.7. The van der Waals surface area contributed by atoms with Crippen molar-refractivity contribution in [3.05, 3.63) is 48.0 Å². The predicted molar refractivity (Wildman–Crippen MR) is 122 cm³/mol. The van der Waals surface area contributed by atoms with E-state index in [0.717, 1.165) is 36.9 Å². The van der Waals surface area contributed by atoms with Gasteiger partial charge in [-0.2, -0.15) is 0 Å². The maximum atomic E-state index is 12.9. The van der Waals surface area contributed by atoms with Crippen LogP contribution in [0.3, 0.4) is 0 Å². The van der Waals surface area contributed by atoms with Crippen molar-refractivity contribution in [3.63, 3.8) is 0 Å². The molecule has 1 atom stereocenters. The van der Waals surface area contributed by atoms with Crippen molar-refractivity contribution >= 4 is 35.1 Å².